The van der Waals surface area contributed by atoms with E-state index in [2.05, 4.69) is 10.2 Å². The molecule has 0 aliphatic carbocycles. The van der Waals surface area contributed by atoms with Crippen LogP contribution in [0.25, 0.3) is 0 Å². The maximum atomic E-state index is 8.32. The van der Waals surface area contributed by atoms with Crippen molar-refractivity contribution in [3.05, 3.63) is 11.6 Å². The van der Waals surface area contributed by atoms with Gasteiger partial charge in [0.05, 0.1) is 12.5 Å². The fraction of sp³-hybridized carbons (Fsp3) is 0.500. The van der Waals surface area contributed by atoms with E-state index in [-0.39, 0.29) is 0 Å². The van der Waals surface area contributed by atoms with Crippen LogP contribution < -0.4 is 0 Å². The summed E-state index contributed by atoms with van der Waals surface area (Å²) in [5.41, 5.74) is 0. The molecule has 0 aliphatic rings. The molecule has 1 heterocycles. The lowest BCUT2D eigenvalue weighted by atomic mass is 10.4. The smallest absolute Gasteiger partial charge is 0.146 e. The van der Waals surface area contributed by atoms with Gasteiger partial charge in [0.1, 0.15) is 11.6 Å². The summed E-state index contributed by atoms with van der Waals surface area (Å²) in [4.78, 5) is 0. The van der Waals surface area contributed by atoms with Crippen molar-refractivity contribution in [2.75, 3.05) is 0 Å². The van der Waals surface area contributed by atoms with Gasteiger partial charge in [-0.1, -0.05) is 0 Å². The van der Waals surface area contributed by atoms with Gasteiger partial charge in [-0.2, -0.15) is 5.26 Å². The molecule has 0 spiro atoms. The van der Waals surface area contributed by atoms with Crippen LogP contribution in [0.4, 0.5) is 0 Å². The zero-order valence-corrected chi connectivity index (χ0v) is 6.00. The van der Waals surface area contributed by atoms with Crippen LogP contribution in [-0.2, 0) is 13.5 Å². The van der Waals surface area contributed by atoms with Gasteiger partial charge in [0.2, 0.25) is 0 Å². The Kier molecular flexibility index (Phi) is 1.67. The Morgan fingerprint density at radius 3 is 2.70 bits per heavy atom. The number of nitriles is 1. The van der Waals surface area contributed by atoms with Crippen molar-refractivity contribution in [1.29, 1.82) is 5.26 Å². The minimum Gasteiger partial charge on any atom is -0.317 e. The van der Waals surface area contributed by atoms with Gasteiger partial charge in [-0.25, -0.2) is 0 Å². The second-order valence-corrected chi connectivity index (χ2v) is 2.06. The topological polar surface area (TPSA) is 54.5 Å². The van der Waals surface area contributed by atoms with Gasteiger partial charge in [-0.15, -0.1) is 10.2 Å². The summed E-state index contributed by atoms with van der Waals surface area (Å²) in [6, 6.07) is 2.01. The Balaban J connectivity index is 2.96. The van der Waals surface area contributed by atoms with E-state index in [4.69, 9.17) is 5.26 Å². The minimum absolute atomic E-state index is 0.331. The number of aromatic nitrogens is 3. The summed E-state index contributed by atoms with van der Waals surface area (Å²) in [6.07, 6.45) is 0.331. The third-order valence-electron chi connectivity index (χ3n) is 1.42. The average molecular weight is 136 g/mol. The van der Waals surface area contributed by atoms with Gasteiger partial charge in [0, 0.05) is 7.05 Å². The van der Waals surface area contributed by atoms with Crippen LogP contribution >= 0.6 is 0 Å². The molecule has 10 heavy (non-hydrogen) atoms. The molecule has 0 amide bonds. The Morgan fingerprint density at radius 2 is 2.30 bits per heavy atom. The SMILES string of the molecule is Cc1nnc(CC#N)n1C. The van der Waals surface area contributed by atoms with Gasteiger partial charge >= 0.3 is 0 Å². The van der Waals surface area contributed by atoms with Gasteiger partial charge in [0.15, 0.2) is 0 Å². The fourth-order valence-corrected chi connectivity index (χ4v) is 0.676. The lowest BCUT2D eigenvalue weighted by Gasteiger charge is -1.93. The molecule has 4 heteroatoms. The lowest BCUT2D eigenvalue weighted by molar-refractivity contribution is 0.805. The highest BCUT2D eigenvalue weighted by molar-refractivity contribution is 4.98. The van der Waals surface area contributed by atoms with Crippen molar-refractivity contribution < 1.29 is 0 Å². The Morgan fingerprint density at radius 1 is 1.60 bits per heavy atom. The zero-order chi connectivity index (χ0) is 7.56. The van der Waals surface area contributed by atoms with Crippen molar-refractivity contribution in [3.63, 3.8) is 0 Å². The quantitative estimate of drug-likeness (QED) is 0.553. The summed E-state index contributed by atoms with van der Waals surface area (Å²) in [5.74, 6) is 1.56. The molecule has 0 saturated carbocycles. The molecule has 0 bridgehead atoms. The summed E-state index contributed by atoms with van der Waals surface area (Å²) in [5, 5.41) is 15.9. The maximum Gasteiger partial charge on any atom is 0.146 e. The maximum absolute atomic E-state index is 8.32. The monoisotopic (exact) mass is 136 g/mol. The Labute approximate surface area is 59.1 Å². The second-order valence-electron chi connectivity index (χ2n) is 2.06. The first-order chi connectivity index (χ1) is 4.75. The van der Waals surface area contributed by atoms with E-state index >= 15 is 0 Å². The second kappa shape index (κ2) is 2.48. The molecule has 0 unspecified atom stereocenters. The number of aryl methyl sites for hydroxylation is 1. The third-order valence-corrected chi connectivity index (χ3v) is 1.42. The normalized spacial score (nSPS) is 9.30. The predicted octanol–water partition coefficient (Wildman–Crippen LogP) is 0.190. The average Bonchev–Trinajstić information content (AvgIpc) is 2.20. The molecule has 0 radical (unpaired) electrons. The molecule has 4 nitrogen and oxygen atoms in total. The summed E-state index contributed by atoms with van der Waals surface area (Å²) in [7, 11) is 1.85. The van der Waals surface area contributed by atoms with E-state index in [0.717, 1.165) is 11.6 Å². The fourth-order valence-electron chi connectivity index (χ4n) is 0.676. The van der Waals surface area contributed by atoms with Crippen LogP contribution in [0.15, 0.2) is 0 Å². The van der Waals surface area contributed by atoms with E-state index in [1.165, 1.54) is 0 Å². The number of hydrogen-bond acceptors (Lipinski definition) is 3. The van der Waals surface area contributed by atoms with Gasteiger partial charge in [-0.3, -0.25) is 0 Å². The van der Waals surface area contributed by atoms with E-state index < -0.39 is 0 Å². The molecule has 0 aromatic carbocycles. The van der Waals surface area contributed by atoms with Crippen LogP contribution in [0, 0.1) is 18.3 Å². The third kappa shape index (κ3) is 0.982. The van der Waals surface area contributed by atoms with Gasteiger partial charge in [0.25, 0.3) is 0 Å². The molecular formula is C6H8N4. The van der Waals surface area contributed by atoms with Crippen molar-refractivity contribution in [2.24, 2.45) is 7.05 Å². The highest BCUT2D eigenvalue weighted by Crippen LogP contribution is 1.96. The summed E-state index contributed by atoms with van der Waals surface area (Å²) >= 11 is 0. The van der Waals surface area contributed by atoms with Gasteiger partial charge < -0.3 is 4.57 Å². The zero-order valence-electron chi connectivity index (χ0n) is 6.00. The van der Waals surface area contributed by atoms with E-state index in [1.807, 2.05) is 24.6 Å². The molecule has 1 aromatic heterocycles. The molecular weight excluding hydrogens is 128 g/mol. The number of rotatable bonds is 1. The van der Waals surface area contributed by atoms with Crippen LogP contribution in [0.5, 0.6) is 0 Å². The highest BCUT2D eigenvalue weighted by atomic mass is 15.3. The molecule has 0 fully saturated rings. The minimum atomic E-state index is 0.331. The molecule has 0 N–H and O–H groups in total. The first-order valence-corrected chi connectivity index (χ1v) is 2.97. The van der Waals surface area contributed by atoms with E-state index in [0.29, 0.717) is 6.42 Å². The standard InChI is InChI=1S/C6H8N4/c1-5-8-9-6(3-4-7)10(5)2/h3H2,1-2H3. The van der Waals surface area contributed by atoms with Crippen LogP contribution in [0.2, 0.25) is 0 Å². The van der Waals surface area contributed by atoms with Crippen molar-refractivity contribution >= 4 is 0 Å². The van der Waals surface area contributed by atoms with Crippen molar-refractivity contribution in [1.82, 2.24) is 14.8 Å². The predicted molar refractivity (Wildman–Crippen MR) is 35.1 cm³/mol. The van der Waals surface area contributed by atoms with E-state index in [9.17, 15) is 0 Å². The molecule has 52 valence electrons. The van der Waals surface area contributed by atoms with Crippen molar-refractivity contribution in [2.45, 2.75) is 13.3 Å². The Hall–Kier alpha value is -1.37. The summed E-state index contributed by atoms with van der Waals surface area (Å²) in [6.45, 7) is 1.86. The first-order valence-electron chi connectivity index (χ1n) is 2.97. The summed E-state index contributed by atoms with van der Waals surface area (Å²) < 4.78 is 1.81. The number of nitrogens with zero attached hydrogens (tertiary/aromatic N) is 4. The van der Waals surface area contributed by atoms with Crippen molar-refractivity contribution in [3.8, 4) is 6.07 Å². The van der Waals surface area contributed by atoms with Gasteiger partial charge in [-0.05, 0) is 6.92 Å². The van der Waals surface area contributed by atoms with Crippen LogP contribution in [0.1, 0.15) is 11.6 Å². The molecule has 0 aliphatic heterocycles. The molecule has 0 atom stereocenters. The van der Waals surface area contributed by atoms with Crippen LogP contribution in [0.3, 0.4) is 0 Å². The molecule has 1 rings (SSSR count). The lowest BCUT2D eigenvalue weighted by Crippen LogP contribution is -1.97. The molecule has 1 aromatic rings. The highest BCUT2D eigenvalue weighted by Gasteiger charge is 2.01. The Bertz CT molecular complexity index is 268. The number of hydrogen-bond donors (Lipinski definition) is 0. The first kappa shape index (κ1) is 6.75. The molecule has 0 saturated heterocycles. The van der Waals surface area contributed by atoms with E-state index in [1.54, 1.807) is 0 Å². The largest absolute Gasteiger partial charge is 0.317 e. The van der Waals surface area contributed by atoms with Crippen LogP contribution in [-0.4, -0.2) is 14.8 Å².